The molecule has 1 aliphatic carbocycles. The van der Waals surface area contributed by atoms with Gasteiger partial charge in [0.1, 0.15) is 11.5 Å². The number of ether oxygens (including phenoxy) is 2. The van der Waals surface area contributed by atoms with Gasteiger partial charge in [0.15, 0.2) is 0 Å². The fourth-order valence-corrected chi connectivity index (χ4v) is 2.87. The number of aliphatic hydroxyl groups is 1. The minimum atomic E-state index is -0.811. The molecule has 1 aromatic carbocycles. The van der Waals surface area contributed by atoms with Crippen molar-refractivity contribution in [2.75, 3.05) is 14.2 Å². The van der Waals surface area contributed by atoms with Gasteiger partial charge in [-0.05, 0) is 25.0 Å². The molecular weight excluding hydrogens is 228 g/mol. The summed E-state index contributed by atoms with van der Waals surface area (Å²) in [6.45, 7) is 0. The van der Waals surface area contributed by atoms with Gasteiger partial charge < -0.3 is 14.6 Å². The molecule has 0 atom stereocenters. The van der Waals surface area contributed by atoms with E-state index in [1.165, 1.54) is 12.8 Å². The summed E-state index contributed by atoms with van der Waals surface area (Å²) < 4.78 is 10.8. The van der Waals surface area contributed by atoms with Crippen molar-refractivity contribution in [3.63, 3.8) is 0 Å². The first-order valence-corrected chi connectivity index (χ1v) is 6.65. The molecule has 18 heavy (non-hydrogen) atoms. The molecule has 3 nitrogen and oxygen atoms in total. The van der Waals surface area contributed by atoms with Gasteiger partial charge >= 0.3 is 0 Å². The molecule has 0 amide bonds. The van der Waals surface area contributed by atoms with Crippen molar-refractivity contribution in [1.29, 1.82) is 0 Å². The molecule has 1 aliphatic rings. The largest absolute Gasteiger partial charge is 0.496 e. The van der Waals surface area contributed by atoms with Crippen molar-refractivity contribution in [1.82, 2.24) is 0 Å². The first-order chi connectivity index (χ1) is 8.71. The van der Waals surface area contributed by atoms with Crippen LogP contribution in [0.25, 0.3) is 0 Å². The average Bonchev–Trinajstić information content (AvgIpc) is 2.63. The summed E-state index contributed by atoms with van der Waals surface area (Å²) in [5, 5.41) is 11.0. The third-order valence-electron chi connectivity index (χ3n) is 3.82. The zero-order valence-electron chi connectivity index (χ0n) is 11.2. The molecule has 1 saturated carbocycles. The molecule has 1 aromatic rings. The summed E-state index contributed by atoms with van der Waals surface area (Å²) in [5.41, 5.74) is 0.00551. The minimum Gasteiger partial charge on any atom is -0.496 e. The van der Waals surface area contributed by atoms with Crippen LogP contribution < -0.4 is 9.47 Å². The van der Waals surface area contributed by atoms with Crippen LogP contribution in [0, 0.1) is 0 Å². The zero-order valence-corrected chi connectivity index (χ0v) is 11.2. The first-order valence-electron chi connectivity index (χ1n) is 6.65. The van der Waals surface area contributed by atoms with E-state index in [1.807, 2.05) is 18.2 Å². The van der Waals surface area contributed by atoms with Crippen LogP contribution in [0.4, 0.5) is 0 Å². The molecule has 1 N–H and O–H groups in total. The highest BCUT2D eigenvalue weighted by molar-refractivity contribution is 5.48. The third kappa shape index (κ3) is 2.46. The van der Waals surface area contributed by atoms with Gasteiger partial charge in [0.05, 0.1) is 25.4 Å². The summed E-state index contributed by atoms with van der Waals surface area (Å²) in [6.07, 6.45) is 6.06. The first kappa shape index (κ1) is 13.2. The van der Waals surface area contributed by atoms with Crippen molar-refractivity contribution in [2.45, 2.75) is 44.1 Å². The molecule has 0 radical (unpaired) electrons. The summed E-state index contributed by atoms with van der Waals surface area (Å²) in [4.78, 5) is 0. The van der Waals surface area contributed by atoms with Crippen molar-refractivity contribution in [2.24, 2.45) is 0 Å². The molecule has 3 heteroatoms. The van der Waals surface area contributed by atoms with Gasteiger partial charge in [-0.2, -0.15) is 0 Å². The summed E-state index contributed by atoms with van der Waals surface area (Å²) >= 11 is 0. The normalized spacial score (nSPS) is 19.1. The molecule has 1 fully saturated rings. The maximum atomic E-state index is 11.0. The van der Waals surface area contributed by atoms with E-state index in [4.69, 9.17) is 9.47 Å². The van der Waals surface area contributed by atoms with Crippen LogP contribution in [0.3, 0.4) is 0 Å². The molecule has 0 unspecified atom stereocenters. The second-order valence-corrected chi connectivity index (χ2v) is 4.98. The van der Waals surface area contributed by atoms with Gasteiger partial charge in [-0.25, -0.2) is 0 Å². The molecule has 0 aromatic heterocycles. The van der Waals surface area contributed by atoms with Crippen LogP contribution in [0.5, 0.6) is 11.5 Å². The van der Waals surface area contributed by atoms with Crippen molar-refractivity contribution in [3.05, 3.63) is 23.8 Å². The van der Waals surface area contributed by atoms with Gasteiger partial charge in [0, 0.05) is 0 Å². The Morgan fingerprint density at radius 1 is 0.944 bits per heavy atom. The average molecular weight is 250 g/mol. The van der Waals surface area contributed by atoms with Gasteiger partial charge in [0.25, 0.3) is 0 Å². The van der Waals surface area contributed by atoms with Crippen LogP contribution in [0.1, 0.15) is 44.1 Å². The van der Waals surface area contributed by atoms with Crippen LogP contribution >= 0.6 is 0 Å². The number of benzene rings is 1. The van der Waals surface area contributed by atoms with E-state index in [0.717, 1.165) is 42.7 Å². The van der Waals surface area contributed by atoms with Crippen molar-refractivity contribution in [3.8, 4) is 11.5 Å². The Kier molecular flexibility index (Phi) is 4.12. The minimum absolute atomic E-state index is 0.721. The molecule has 0 aliphatic heterocycles. The molecule has 0 spiro atoms. The SMILES string of the molecule is COc1cccc(OC)c1C1(O)CCCCCC1. The maximum absolute atomic E-state index is 11.0. The van der Waals surface area contributed by atoms with E-state index in [-0.39, 0.29) is 0 Å². The van der Waals surface area contributed by atoms with E-state index in [1.54, 1.807) is 14.2 Å². The number of rotatable bonds is 3. The highest BCUT2D eigenvalue weighted by atomic mass is 16.5. The number of hydrogen-bond acceptors (Lipinski definition) is 3. The fraction of sp³-hybridized carbons (Fsp3) is 0.600. The lowest BCUT2D eigenvalue weighted by molar-refractivity contribution is 0.0162. The Labute approximate surface area is 109 Å². The molecule has 0 bridgehead atoms. The van der Waals surface area contributed by atoms with Crippen LogP contribution in [-0.4, -0.2) is 19.3 Å². The monoisotopic (exact) mass is 250 g/mol. The zero-order chi connectivity index (χ0) is 13.0. The summed E-state index contributed by atoms with van der Waals surface area (Å²) in [6, 6.07) is 5.67. The number of methoxy groups -OCH3 is 2. The van der Waals surface area contributed by atoms with E-state index in [0.29, 0.717) is 0 Å². The highest BCUT2D eigenvalue weighted by Crippen LogP contribution is 2.44. The Bertz CT molecular complexity index is 370. The van der Waals surface area contributed by atoms with Gasteiger partial charge in [-0.3, -0.25) is 0 Å². The van der Waals surface area contributed by atoms with E-state index in [2.05, 4.69) is 0 Å². The Morgan fingerprint density at radius 2 is 1.44 bits per heavy atom. The lowest BCUT2D eigenvalue weighted by Gasteiger charge is -2.30. The van der Waals surface area contributed by atoms with Crippen LogP contribution in [0.2, 0.25) is 0 Å². The molecule has 0 heterocycles. The van der Waals surface area contributed by atoms with E-state index in [9.17, 15) is 5.11 Å². The lowest BCUT2D eigenvalue weighted by atomic mass is 9.85. The van der Waals surface area contributed by atoms with Crippen molar-refractivity contribution < 1.29 is 14.6 Å². The number of hydrogen-bond donors (Lipinski definition) is 1. The second-order valence-electron chi connectivity index (χ2n) is 4.98. The van der Waals surface area contributed by atoms with Crippen LogP contribution in [0.15, 0.2) is 18.2 Å². The maximum Gasteiger partial charge on any atom is 0.128 e. The highest BCUT2D eigenvalue weighted by Gasteiger charge is 2.35. The summed E-state index contributed by atoms with van der Waals surface area (Å²) in [7, 11) is 3.27. The predicted molar refractivity (Wildman–Crippen MR) is 71.1 cm³/mol. The van der Waals surface area contributed by atoms with Gasteiger partial charge in [-0.15, -0.1) is 0 Å². The second kappa shape index (κ2) is 5.61. The fourth-order valence-electron chi connectivity index (χ4n) is 2.87. The molecule has 0 saturated heterocycles. The Morgan fingerprint density at radius 3 is 1.89 bits per heavy atom. The summed E-state index contributed by atoms with van der Waals surface area (Å²) in [5.74, 6) is 1.44. The molecule has 100 valence electrons. The Balaban J connectivity index is 2.46. The van der Waals surface area contributed by atoms with Gasteiger partial charge in [-0.1, -0.05) is 31.7 Å². The quantitative estimate of drug-likeness (QED) is 0.837. The third-order valence-corrected chi connectivity index (χ3v) is 3.82. The predicted octanol–water partition coefficient (Wildman–Crippen LogP) is 3.25. The molecular formula is C15H22O3. The van der Waals surface area contributed by atoms with E-state index >= 15 is 0 Å². The van der Waals surface area contributed by atoms with Gasteiger partial charge in [0.2, 0.25) is 0 Å². The lowest BCUT2D eigenvalue weighted by Crippen LogP contribution is -2.26. The smallest absolute Gasteiger partial charge is 0.128 e. The van der Waals surface area contributed by atoms with Crippen molar-refractivity contribution >= 4 is 0 Å². The van der Waals surface area contributed by atoms with Crippen LogP contribution in [-0.2, 0) is 5.60 Å². The molecule has 2 rings (SSSR count). The topological polar surface area (TPSA) is 38.7 Å². The Hall–Kier alpha value is -1.22. The van der Waals surface area contributed by atoms with E-state index < -0.39 is 5.60 Å². The standard InChI is InChI=1S/C15H22O3/c1-17-12-8-7-9-13(18-2)14(12)15(16)10-5-3-4-6-11-15/h7-9,16H,3-6,10-11H2,1-2H3.